The zero-order chi connectivity index (χ0) is 33.7. The molecule has 4 heterocycles. The third kappa shape index (κ3) is 5.40. The van der Waals surface area contributed by atoms with Gasteiger partial charge in [-0.1, -0.05) is 45.0 Å². The fourth-order valence-electron chi connectivity index (χ4n) is 6.94. The van der Waals surface area contributed by atoms with Crippen LogP contribution in [0, 0.1) is 0 Å². The molecule has 2 aromatic carbocycles. The number of benzene rings is 2. The minimum absolute atomic E-state index is 0.0374. The predicted molar refractivity (Wildman–Crippen MR) is 177 cm³/mol. The number of rotatable bonds is 8. The number of alkyl carbamates (subject to hydrolysis) is 1. The molecule has 12 heteroatoms. The summed E-state index contributed by atoms with van der Waals surface area (Å²) in [4.78, 5) is 56.7. The summed E-state index contributed by atoms with van der Waals surface area (Å²) in [5, 5.41) is 21.2. The van der Waals surface area contributed by atoms with Crippen molar-refractivity contribution in [3.63, 3.8) is 0 Å². The van der Waals surface area contributed by atoms with Crippen LogP contribution >= 0.6 is 0 Å². The second-order valence-corrected chi connectivity index (χ2v) is 12.9. The van der Waals surface area contributed by atoms with E-state index in [9.17, 15) is 24.3 Å². The summed E-state index contributed by atoms with van der Waals surface area (Å²) >= 11 is 0. The molecule has 0 fully saturated rings. The number of cyclic esters (lactones) is 1. The third-order valence-electron chi connectivity index (χ3n) is 9.46. The number of anilines is 1. The zero-order valence-corrected chi connectivity index (χ0v) is 27.0. The maximum Gasteiger partial charge on any atom is 0.407 e. The van der Waals surface area contributed by atoms with E-state index in [0.717, 1.165) is 39.6 Å². The van der Waals surface area contributed by atoms with Crippen molar-refractivity contribution in [3.8, 4) is 11.4 Å². The minimum Gasteiger partial charge on any atom is -0.458 e. The average Bonchev–Trinajstić information content (AvgIpc) is 3.45. The number of nitrogens with zero attached hydrogens (tertiary/aromatic N) is 2. The number of aromatic nitrogens is 2. The van der Waals surface area contributed by atoms with Gasteiger partial charge in [-0.15, -0.1) is 0 Å². The van der Waals surface area contributed by atoms with Gasteiger partial charge >= 0.3 is 12.1 Å². The van der Waals surface area contributed by atoms with E-state index in [1.54, 1.807) is 41.8 Å². The van der Waals surface area contributed by atoms with Gasteiger partial charge in [-0.25, -0.2) is 14.6 Å². The van der Waals surface area contributed by atoms with Crippen LogP contribution in [0.5, 0.6) is 0 Å². The molecule has 0 radical (unpaired) electrons. The number of carbonyl (C=O) groups excluding carboxylic acids is 3. The maximum absolute atomic E-state index is 13.8. The molecular weight excluding hydrogens is 614 g/mol. The third-order valence-corrected chi connectivity index (χ3v) is 9.46. The van der Waals surface area contributed by atoms with Crippen molar-refractivity contribution in [2.75, 3.05) is 11.9 Å². The first kappa shape index (κ1) is 31.5. The van der Waals surface area contributed by atoms with Gasteiger partial charge in [0.05, 0.1) is 41.6 Å². The van der Waals surface area contributed by atoms with Crippen LogP contribution in [0.4, 0.5) is 10.5 Å². The van der Waals surface area contributed by atoms with Crippen LogP contribution in [-0.4, -0.2) is 45.2 Å². The van der Waals surface area contributed by atoms with E-state index in [4.69, 9.17) is 14.5 Å². The summed E-state index contributed by atoms with van der Waals surface area (Å²) in [5.41, 5.74) is 4.31. The summed E-state index contributed by atoms with van der Waals surface area (Å²) in [6.07, 6.45) is 0.818. The summed E-state index contributed by atoms with van der Waals surface area (Å²) in [7, 11) is 0. The lowest BCUT2D eigenvalue weighted by atomic mass is 9.83. The molecule has 3 aliphatic rings. The van der Waals surface area contributed by atoms with E-state index in [1.165, 1.54) is 0 Å². The van der Waals surface area contributed by atoms with Crippen molar-refractivity contribution in [3.05, 3.63) is 92.3 Å². The van der Waals surface area contributed by atoms with E-state index < -0.39 is 23.7 Å². The van der Waals surface area contributed by atoms with Gasteiger partial charge in [-0.3, -0.25) is 9.59 Å². The highest BCUT2D eigenvalue weighted by molar-refractivity contribution is 5.93. The van der Waals surface area contributed by atoms with E-state index in [1.807, 2.05) is 26.0 Å². The van der Waals surface area contributed by atoms with Crippen LogP contribution in [0.2, 0.25) is 0 Å². The quantitative estimate of drug-likeness (QED) is 0.182. The summed E-state index contributed by atoms with van der Waals surface area (Å²) in [5.74, 6) is -0.914. The summed E-state index contributed by atoms with van der Waals surface area (Å²) in [6.45, 7) is 5.88. The Morgan fingerprint density at radius 2 is 1.94 bits per heavy atom. The molecule has 1 aliphatic carbocycles. The first-order valence-corrected chi connectivity index (χ1v) is 16.2. The summed E-state index contributed by atoms with van der Waals surface area (Å²) < 4.78 is 12.4. The number of pyridine rings is 2. The molecule has 0 saturated carbocycles. The normalized spacial score (nSPS) is 18.9. The minimum atomic E-state index is -1.92. The predicted octanol–water partition coefficient (Wildman–Crippen LogP) is 3.93. The van der Waals surface area contributed by atoms with Crippen LogP contribution in [0.25, 0.3) is 22.3 Å². The van der Waals surface area contributed by atoms with E-state index >= 15 is 0 Å². The van der Waals surface area contributed by atoms with Crippen LogP contribution < -0.4 is 21.5 Å². The van der Waals surface area contributed by atoms with Gasteiger partial charge < -0.3 is 35.1 Å². The Hall–Kier alpha value is -5.07. The molecule has 4 aromatic rings. The van der Waals surface area contributed by atoms with Gasteiger partial charge in [0.2, 0.25) is 5.91 Å². The van der Waals surface area contributed by atoms with Crippen molar-refractivity contribution in [1.29, 1.82) is 0 Å². The number of amides is 2. The molecule has 0 spiro atoms. The second-order valence-electron chi connectivity index (χ2n) is 12.9. The van der Waals surface area contributed by atoms with Gasteiger partial charge in [0, 0.05) is 28.2 Å². The number of aliphatic hydroxyl groups is 1. The lowest BCUT2D eigenvalue weighted by Crippen LogP contribution is -2.44. The first-order chi connectivity index (χ1) is 23.1. The van der Waals surface area contributed by atoms with Gasteiger partial charge in [0.15, 0.2) is 5.60 Å². The number of hydrogen-bond donors (Lipinski definition) is 4. The van der Waals surface area contributed by atoms with E-state index in [0.29, 0.717) is 23.5 Å². The Morgan fingerprint density at radius 3 is 2.69 bits per heavy atom. The molecule has 2 atom stereocenters. The van der Waals surface area contributed by atoms with Crippen molar-refractivity contribution in [2.45, 2.75) is 77.5 Å². The number of nitrogens with one attached hydrogen (secondary N) is 3. The fraction of sp³-hybridized carbons (Fsp3) is 0.361. The number of hydrogen-bond acceptors (Lipinski definition) is 9. The van der Waals surface area contributed by atoms with Crippen LogP contribution in [0.3, 0.4) is 0 Å². The molecule has 4 N–H and O–H groups in total. The topological polar surface area (TPSA) is 161 Å². The molecule has 7 rings (SSSR count). The standard InChI is InChI=1S/C36H37N5O7/c1-4-36(46)25-14-28-32-23(16-41(28)33(43)24(25)18-47-34(36)44)31-27(13-10-21-6-5-7-26(39-32)30(21)31)40-35(45)48-17-20-8-11-22(12-9-20)38-29(42)15-37-19(2)3/h5-9,11-12,14,19,27,37,46H,4,10,13,15-18H2,1-3H3,(H,38,42)(H,40,45)/t27-,36-/m0/s1. The van der Waals surface area contributed by atoms with E-state index in [2.05, 4.69) is 22.0 Å². The Kier molecular flexibility index (Phi) is 8.00. The zero-order valence-electron chi connectivity index (χ0n) is 27.0. The van der Waals surface area contributed by atoms with Gasteiger partial charge in [-0.05, 0) is 60.2 Å². The molecule has 2 aliphatic heterocycles. The maximum atomic E-state index is 13.8. The summed E-state index contributed by atoms with van der Waals surface area (Å²) in [6, 6.07) is 14.5. The number of ether oxygens (including phenoxy) is 2. The molecule has 248 valence electrons. The second kappa shape index (κ2) is 12.2. The van der Waals surface area contributed by atoms with Crippen molar-refractivity contribution < 1.29 is 29.0 Å². The number of fused-ring (bicyclic) bond motifs is 5. The van der Waals surface area contributed by atoms with Crippen LogP contribution in [0.1, 0.15) is 73.0 Å². The van der Waals surface area contributed by atoms with Crippen LogP contribution in [0.15, 0.2) is 53.3 Å². The highest BCUT2D eigenvalue weighted by Crippen LogP contribution is 2.44. The lowest BCUT2D eigenvalue weighted by molar-refractivity contribution is -0.172. The van der Waals surface area contributed by atoms with Gasteiger partial charge in [0.1, 0.15) is 13.2 Å². The molecule has 12 nitrogen and oxygen atoms in total. The number of aryl methyl sites for hydroxylation is 1. The molecular formula is C36H37N5O7. The first-order valence-electron chi connectivity index (χ1n) is 16.2. The Morgan fingerprint density at radius 1 is 1.15 bits per heavy atom. The lowest BCUT2D eigenvalue weighted by Gasteiger charge is -2.31. The number of esters is 1. The average molecular weight is 652 g/mol. The SMILES string of the molecule is CC[C@@]1(O)C(=O)OCc2c1cc1n(c2=O)Cc2c-1nc1cccc3c1c2[C@@H](NC(=O)OCc1ccc(NC(=O)CNC(C)C)cc1)CC3. The van der Waals surface area contributed by atoms with Crippen molar-refractivity contribution in [1.82, 2.24) is 20.2 Å². The smallest absolute Gasteiger partial charge is 0.407 e. The molecule has 2 amide bonds. The van der Waals surface area contributed by atoms with Crippen molar-refractivity contribution >= 4 is 34.6 Å². The molecule has 48 heavy (non-hydrogen) atoms. The monoisotopic (exact) mass is 651 g/mol. The highest BCUT2D eigenvalue weighted by atomic mass is 16.6. The highest BCUT2D eigenvalue weighted by Gasteiger charge is 2.46. The van der Waals surface area contributed by atoms with Crippen molar-refractivity contribution in [2.24, 2.45) is 0 Å². The molecule has 2 aromatic heterocycles. The fourth-order valence-corrected chi connectivity index (χ4v) is 6.94. The molecule has 0 bridgehead atoms. The largest absolute Gasteiger partial charge is 0.458 e. The molecule has 0 saturated heterocycles. The van der Waals surface area contributed by atoms with Gasteiger partial charge in [0.25, 0.3) is 5.56 Å². The number of carbonyl (C=O) groups is 3. The Bertz CT molecular complexity index is 2040. The van der Waals surface area contributed by atoms with Crippen LogP contribution in [-0.2, 0) is 50.8 Å². The molecule has 0 unspecified atom stereocenters. The van der Waals surface area contributed by atoms with E-state index in [-0.39, 0.29) is 61.4 Å². The Balaban J connectivity index is 1.14. The van der Waals surface area contributed by atoms with Gasteiger partial charge in [-0.2, -0.15) is 0 Å². The Labute approximate surface area is 276 Å².